The van der Waals surface area contributed by atoms with Crippen molar-refractivity contribution >= 4 is 29.9 Å². The number of hydrogen-bond acceptors (Lipinski definition) is 4. The SMILES string of the molecule is CCOc1cc2c(cc1CNC(=NC)NCCN(C)CC)OC(C)C2.I. The van der Waals surface area contributed by atoms with Crippen LogP contribution in [-0.2, 0) is 13.0 Å². The Morgan fingerprint density at radius 3 is 2.77 bits per heavy atom. The Labute approximate surface area is 174 Å². The molecule has 0 saturated heterocycles. The summed E-state index contributed by atoms with van der Waals surface area (Å²) in [6, 6.07) is 4.21. The zero-order chi connectivity index (χ0) is 18.2. The molecule has 1 unspecified atom stereocenters. The number of ether oxygens (including phenoxy) is 2. The number of rotatable bonds is 8. The summed E-state index contributed by atoms with van der Waals surface area (Å²) in [6.45, 7) is 10.4. The van der Waals surface area contributed by atoms with Crippen molar-refractivity contribution in [2.75, 3.05) is 40.3 Å². The molecule has 1 atom stereocenters. The Bertz CT molecular complexity index is 595. The maximum Gasteiger partial charge on any atom is 0.191 e. The minimum atomic E-state index is 0. The van der Waals surface area contributed by atoms with Gasteiger partial charge in [0.1, 0.15) is 17.6 Å². The summed E-state index contributed by atoms with van der Waals surface area (Å²) < 4.78 is 11.7. The van der Waals surface area contributed by atoms with Crippen LogP contribution in [0.3, 0.4) is 0 Å². The molecule has 1 aromatic carbocycles. The van der Waals surface area contributed by atoms with E-state index in [1.807, 2.05) is 6.92 Å². The monoisotopic (exact) mass is 476 g/mol. The predicted molar refractivity (Wildman–Crippen MR) is 118 cm³/mol. The molecule has 1 aromatic rings. The molecule has 26 heavy (non-hydrogen) atoms. The van der Waals surface area contributed by atoms with E-state index >= 15 is 0 Å². The molecule has 0 amide bonds. The Morgan fingerprint density at radius 2 is 2.12 bits per heavy atom. The molecule has 0 saturated carbocycles. The molecule has 0 aromatic heterocycles. The van der Waals surface area contributed by atoms with Crippen molar-refractivity contribution in [1.29, 1.82) is 0 Å². The molecule has 2 N–H and O–H groups in total. The number of aliphatic imine (C=N–C) groups is 1. The third-order valence-corrected chi connectivity index (χ3v) is 4.37. The summed E-state index contributed by atoms with van der Waals surface area (Å²) in [5.74, 6) is 2.69. The Kier molecular flexibility index (Phi) is 10.1. The van der Waals surface area contributed by atoms with Gasteiger partial charge in [0.2, 0.25) is 0 Å². The van der Waals surface area contributed by atoms with Crippen LogP contribution in [0.5, 0.6) is 11.5 Å². The van der Waals surface area contributed by atoms with Gasteiger partial charge >= 0.3 is 0 Å². The first-order valence-electron chi connectivity index (χ1n) is 9.15. The van der Waals surface area contributed by atoms with Gasteiger partial charge in [-0.05, 0) is 39.6 Å². The zero-order valence-electron chi connectivity index (χ0n) is 16.6. The number of likely N-dealkylation sites (N-methyl/N-ethyl adjacent to an activating group) is 1. The van der Waals surface area contributed by atoms with Gasteiger partial charge in [0.25, 0.3) is 0 Å². The summed E-state index contributed by atoms with van der Waals surface area (Å²) >= 11 is 0. The summed E-state index contributed by atoms with van der Waals surface area (Å²) in [5.41, 5.74) is 2.31. The molecular formula is C19H33IN4O2. The third-order valence-electron chi connectivity index (χ3n) is 4.37. The van der Waals surface area contributed by atoms with Crippen molar-refractivity contribution in [2.24, 2.45) is 4.99 Å². The van der Waals surface area contributed by atoms with Crippen molar-refractivity contribution in [2.45, 2.75) is 39.8 Å². The lowest BCUT2D eigenvalue weighted by Crippen LogP contribution is -2.40. The van der Waals surface area contributed by atoms with Crippen LogP contribution < -0.4 is 20.1 Å². The number of nitrogens with one attached hydrogen (secondary N) is 2. The lowest BCUT2D eigenvalue weighted by molar-refractivity contribution is 0.254. The van der Waals surface area contributed by atoms with Crippen LogP contribution in [0.15, 0.2) is 17.1 Å². The fraction of sp³-hybridized carbons (Fsp3) is 0.632. The lowest BCUT2D eigenvalue weighted by atomic mass is 10.1. The van der Waals surface area contributed by atoms with Crippen LogP contribution in [0.1, 0.15) is 31.9 Å². The van der Waals surface area contributed by atoms with E-state index in [1.165, 1.54) is 5.56 Å². The summed E-state index contributed by atoms with van der Waals surface area (Å²) in [6.07, 6.45) is 1.18. The van der Waals surface area contributed by atoms with Gasteiger partial charge in [-0.15, -0.1) is 24.0 Å². The van der Waals surface area contributed by atoms with E-state index in [1.54, 1.807) is 7.05 Å². The molecule has 1 aliphatic rings. The quantitative estimate of drug-likeness (QED) is 0.343. The van der Waals surface area contributed by atoms with E-state index in [4.69, 9.17) is 9.47 Å². The molecule has 0 radical (unpaired) electrons. The Hall–Kier alpha value is -1.22. The highest BCUT2D eigenvalue weighted by Crippen LogP contribution is 2.35. The average Bonchev–Trinajstić information content (AvgIpc) is 2.96. The Morgan fingerprint density at radius 1 is 1.35 bits per heavy atom. The standard InChI is InChI=1S/C19H32N4O2.HI/c1-6-23(5)9-8-21-19(20-4)22-13-16-12-18-15(10-14(3)25-18)11-17(16)24-7-2;/h11-12,14H,6-10,13H2,1-5H3,(H2,20,21,22);1H. The van der Waals surface area contributed by atoms with E-state index in [-0.39, 0.29) is 30.1 Å². The van der Waals surface area contributed by atoms with E-state index in [9.17, 15) is 0 Å². The number of nitrogens with zero attached hydrogens (tertiary/aromatic N) is 2. The molecule has 2 rings (SSSR count). The van der Waals surface area contributed by atoms with E-state index < -0.39 is 0 Å². The van der Waals surface area contributed by atoms with Crippen LogP contribution in [0, 0.1) is 0 Å². The largest absolute Gasteiger partial charge is 0.494 e. The highest BCUT2D eigenvalue weighted by Gasteiger charge is 2.21. The van der Waals surface area contributed by atoms with Crippen LogP contribution in [-0.4, -0.2) is 57.3 Å². The maximum absolute atomic E-state index is 5.88. The summed E-state index contributed by atoms with van der Waals surface area (Å²) in [4.78, 5) is 6.55. The summed E-state index contributed by atoms with van der Waals surface area (Å²) in [5, 5.41) is 6.70. The number of benzene rings is 1. The second kappa shape index (κ2) is 11.5. The first kappa shape index (κ1) is 22.8. The molecule has 0 spiro atoms. The van der Waals surface area contributed by atoms with E-state index in [0.29, 0.717) is 13.2 Å². The lowest BCUT2D eigenvalue weighted by Gasteiger charge is -2.17. The van der Waals surface area contributed by atoms with Crippen molar-refractivity contribution in [3.63, 3.8) is 0 Å². The molecule has 0 fully saturated rings. The minimum absolute atomic E-state index is 0. The van der Waals surface area contributed by atoms with Crippen LogP contribution >= 0.6 is 24.0 Å². The van der Waals surface area contributed by atoms with E-state index in [0.717, 1.165) is 49.1 Å². The van der Waals surface area contributed by atoms with Crippen molar-refractivity contribution in [1.82, 2.24) is 15.5 Å². The number of guanidine groups is 1. The Balaban J connectivity index is 0.00000338. The molecule has 0 bridgehead atoms. The van der Waals surface area contributed by atoms with Gasteiger partial charge in [-0.25, -0.2) is 0 Å². The molecular weight excluding hydrogens is 443 g/mol. The molecule has 148 valence electrons. The van der Waals surface area contributed by atoms with Gasteiger partial charge in [-0.1, -0.05) is 6.92 Å². The second-order valence-corrected chi connectivity index (χ2v) is 6.38. The van der Waals surface area contributed by atoms with Crippen LogP contribution in [0.2, 0.25) is 0 Å². The maximum atomic E-state index is 5.88. The van der Waals surface area contributed by atoms with Crippen molar-refractivity contribution < 1.29 is 9.47 Å². The fourth-order valence-corrected chi connectivity index (χ4v) is 2.83. The smallest absolute Gasteiger partial charge is 0.191 e. The van der Waals surface area contributed by atoms with Gasteiger partial charge < -0.3 is 25.0 Å². The minimum Gasteiger partial charge on any atom is -0.494 e. The van der Waals surface area contributed by atoms with Crippen molar-refractivity contribution in [3.05, 3.63) is 23.3 Å². The van der Waals surface area contributed by atoms with Gasteiger partial charge in [0.15, 0.2) is 5.96 Å². The number of halogens is 1. The van der Waals surface area contributed by atoms with Gasteiger partial charge in [-0.3, -0.25) is 4.99 Å². The summed E-state index contributed by atoms with van der Waals surface area (Å²) in [7, 11) is 3.90. The molecule has 1 heterocycles. The number of hydrogen-bond donors (Lipinski definition) is 2. The highest BCUT2D eigenvalue weighted by molar-refractivity contribution is 14.0. The predicted octanol–water partition coefficient (Wildman–Crippen LogP) is 2.64. The highest BCUT2D eigenvalue weighted by atomic mass is 127. The molecule has 7 heteroatoms. The normalized spacial score (nSPS) is 15.9. The van der Waals surface area contributed by atoms with Gasteiger partial charge in [0, 0.05) is 44.2 Å². The second-order valence-electron chi connectivity index (χ2n) is 6.38. The van der Waals surface area contributed by atoms with E-state index in [2.05, 4.69) is 53.6 Å². The molecule has 6 nitrogen and oxygen atoms in total. The zero-order valence-corrected chi connectivity index (χ0v) is 18.9. The fourth-order valence-electron chi connectivity index (χ4n) is 2.83. The van der Waals surface area contributed by atoms with Gasteiger partial charge in [-0.2, -0.15) is 0 Å². The van der Waals surface area contributed by atoms with Gasteiger partial charge in [0.05, 0.1) is 6.61 Å². The third kappa shape index (κ3) is 6.50. The number of fused-ring (bicyclic) bond motifs is 1. The first-order chi connectivity index (χ1) is 12.1. The van der Waals surface area contributed by atoms with Crippen molar-refractivity contribution in [3.8, 4) is 11.5 Å². The van der Waals surface area contributed by atoms with Crippen LogP contribution in [0.4, 0.5) is 0 Å². The molecule has 0 aliphatic carbocycles. The van der Waals surface area contributed by atoms with Crippen LogP contribution in [0.25, 0.3) is 0 Å². The first-order valence-corrected chi connectivity index (χ1v) is 9.15. The molecule has 1 aliphatic heterocycles. The average molecular weight is 476 g/mol. The topological polar surface area (TPSA) is 58.1 Å².